The van der Waals surface area contributed by atoms with Crippen molar-refractivity contribution in [3.05, 3.63) is 55.1 Å². The van der Waals surface area contributed by atoms with Crippen molar-refractivity contribution in [2.24, 2.45) is 11.8 Å². The highest BCUT2D eigenvalue weighted by Gasteiger charge is 2.34. The molecule has 2 aromatic rings. The molecule has 2 aliphatic heterocycles. The van der Waals surface area contributed by atoms with E-state index in [0.717, 1.165) is 48.5 Å². The Morgan fingerprint density at radius 2 is 1.71 bits per heavy atom. The highest BCUT2D eigenvalue weighted by molar-refractivity contribution is 5.59. The summed E-state index contributed by atoms with van der Waals surface area (Å²) in [4.78, 5) is 4.96. The highest BCUT2D eigenvalue weighted by atomic mass is 15.3. The highest BCUT2D eigenvalue weighted by Crippen LogP contribution is 2.31. The molecular weight excluding hydrogens is 296 g/mol. The van der Waals surface area contributed by atoms with E-state index in [-0.39, 0.29) is 0 Å². The predicted molar refractivity (Wildman–Crippen MR) is 97.9 cm³/mol. The lowest BCUT2D eigenvalue weighted by molar-refractivity contribution is 0.120. The number of aromatic nitrogens is 2. The van der Waals surface area contributed by atoms with Crippen LogP contribution in [0.3, 0.4) is 0 Å². The topological polar surface area (TPSA) is 32.3 Å². The summed E-state index contributed by atoms with van der Waals surface area (Å²) < 4.78 is 0. The first kappa shape index (κ1) is 15.3. The Labute approximate surface area is 143 Å². The Bertz CT molecular complexity index is 669. The number of piperidine rings is 2. The second-order valence-corrected chi connectivity index (χ2v) is 7.02. The zero-order valence-corrected chi connectivity index (χ0v) is 14.0. The summed E-state index contributed by atoms with van der Waals surface area (Å²) in [5, 5.41) is 8.95. The average molecular weight is 320 g/mol. The van der Waals surface area contributed by atoms with Crippen LogP contribution in [-0.4, -0.2) is 47.8 Å². The quantitative estimate of drug-likeness (QED) is 0.811. The molecule has 4 nitrogen and oxygen atoms in total. The Balaban J connectivity index is 1.46. The number of nitrogens with zero attached hydrogens (tertiary/aromatic N) is 4. The van der Waals surface area contributed by atoms with E-state index >= 15 is 0 Å². The normalized spacial score (nSPS) is 23.9. The van der Waals surface area contributed by atoms with Gasteiger partial charge in [-0.2, -0.15) is 0 Å². The summed E-state index contributed by atoms with van der Waals surface area (Å²) >= 11 is 0. The van der Waals surface area contributed by atoms with Crippen LogP contribution in [0.4, 0.5) is 5.82 Å². The minimum Gasteiger partial charge on any atom is -0.354 e. The SMILES string of the molecule is C=CCN1CC2CC(C1)CN(c1ccc(-c3ccccc3)nn1)C2. The van der Waals surface area contributed by atoms with Gasteiger partial charge in [0, 0.05) is 38.3 Å². The van der Waals surface area contributed by atoms with Crippen molar-refractivity contribution in [1.29, 1.82) is 0 Å². The summed E-state index contributed by atoms with van der Waals surface area (Å²) in [5.41, 5.74) is 2.06. The smallest absolute Gasteiger partial charge is 0.151 e. The Morgan fingerprint density at radius 3 is 2.33 bits per heavy atom. The Kier molecular flexibility index (Phi) is 4.30. The van der Waals surface area contributed by atoms with Gasteiger partial charge in [-0.05, 0) is 30.4 Å². The van der Waals surface area contributed by atoms with E-state index in [1.807, 2.05) is 24.3 Å². The molecule has 1 aromatic heterocycles. The van der Waals surface area contributed by atoms with Gasteiger partial charge in [0.2, 0.25) is 0 Å². The lowest BCUT2D eigenvalue weighted by atomic mass is 9.84. The molecule has 0 spiro atoms. The number of anilines is 1. The van der Waals surface area contributed by atoms with Crippen molar-refractivity contribution in [2.75, 3.05) is 37.6 Å². The largest absolute Gasteiger partial charge is 0.354 e. The molecule has 0 N–H and O–H groups in total. The molecule has 0 aliphatic carbocycles. The summed E-state index contributed by atoms with van der Waals surface area (Å²) in [6.07, 6.45) is 3.37. The van der Waals surface area contributed by atoms with Gasteiger partial charge in [0.15, 0.2) is 5.82 Å². The van der Waals surface area contributed by atoms with Crippen LogP contribution < -0.4 is 4.90 Å². The van der Waals surface area contributed by atoms with Crippen molar-refractivity contribution in [3.8, 4) is 11.3 Å². The van der Waals surface area contributed by atoms with Crippen LogP contribution in [0.1, 0.15) is 6.42 Å². The zero-order chi connectivity index (χ0) is 16.4. The summed E-state index contributed by atoms with van der Waals surface area (Å²) in [6.45, 7) is 9.41. The number of benzene rings is 1. The molecular formula is C20H24N4. The van der Waals surface area contributed by atoms with Gasteiger partial charge >= 0.3 is 0 Å². The van der Waals surface area contributed by atoms with Crippen LogP contribution in [0.5, 0.6) is 0 Å². The van der Waals surface area contributed by atoms with Crippen molar-refractivity contribution in [3.63, 3.8) is 0 Å². The van der Waals surface area contributed by atoms with Gasteiger partial charge in [-0.3, -0.25) is 4.90 Å². The molecule has 124 valence electrons. The van der Waals surface area contributed by atoms with Crippen molar-refractivity contribution in [2.45, 2.75) is 6.42 Å². The molecule has 2 aliphatic rings. The van der Waals surface area contributed by atoms with Crippen LogP contribution >= 0.6 is 0 Å². The number of hydrogen-bond acceptors (Lipinski definition) is 4. The fourth-order valence-electron chi connectivity index (χ4n) is 4.16. The van der Waals surface area contributed by atoms with Gasteiger partial charge in [-0.1, -0.05) is 36.4 Å². The molecule has 2 unspecified atom stereocenters. The standard InChI is InChI=1S/C20H24N4/c1-2-10-23-12-16-11-17(13-23)15-24(14-16)20-9-8-19(21-22-20)18-6-4-3-5-7-18/h2-9,16-17H,1,10-15H2. The molecule has 1 aromatic carbocycles. The van der Waals surface area contributed by atoms with Crippen LogP contribution in [0.15, 0.2) is 55.1 Å². The molecule has 3 heterocycles. The first-order chi connectivity index (χ1) is 11.8. The van der Waals surface area contributed by atoms with Gasteiger partial charge in [0.25, 0.3) is 0 Å². The van der Waals surface area contributed by atoms with E-state index in [1.54, 1.807) is 0 Å². The molecule has 4 rings (SSSR count). The zero-order valence-electron chi connectivity index (χ0n) is 14.0. The lowest BCUT2D eigenvalue weighted by Crippen LogP contribution is -2.52. The first-order valence-corrected chi connectivity index (χ1v) is 8.79. The van der Waals surface area contributed by atoms with E-state index in [1.165, 1.54) is 19.5 Å². The summed E-state index contributed by atoms with van der Waals surface area (Å²) in [5.74, 6) is 2.47. The lowest BCUT2D eigenvalue weighted by Gasteiger charge is -2.46. The maximum absolute atomic E-state index is 4.51. The average Bonchev–Trinajstić information content (AvgIpc) is 2.62. The molecule has 2 bridgehead atoms. The van der Waals surface area contributed by atoms with E-state index in [0.29, 0.717) is 0 Å². The Morgan fingerprint density at radius 1 is 0.958 bits per heavy atom. The number of likely N-dealkylation sites (tertiary alicyclic amines) is 1. The third-order valence-electron chi connectivity index (χ3n) is 5.09. The molecule has 4 heteroatoms. The molecule has 2 saturated heterocycles. The molecule has 24 heavy (non-hydrogen) atoms. The third kappa shape index (κ3) is 3.20. The maximum atomic E-state index is 4.51. The second kappa shape index (κ2) is 6.73. The van der Waals surface area contributed by atoms with Crippen LogP contribution in [0.2, 0.25) is 0 Å². The number of fused-ring (bicyclic) bond motifs is 2. The van der Waals surface area contributed by atoms with Crippen molar-refractivity contribution >= 4 is 5.82 Å². The Hall–Kier alpha value is -2.20. The van der Waals surface area contributed by atoms with Gasteiger partial charge in [-0.15, -0.1) is 16.8 Å². The number of hydrogen-bond donors (Lipinski definition) is 0. The van der Waals surface area contributed by atoms with Crippen LogP contribution in [-0.2, 0) is 0 Å². The van der Waals surface area contributed by atoms with Gasteiger partial charge in [-0.25, -0.2) is 0 Å². The van der Waals surface area contributed by atoms with E-state index in [4.69, 9.17) is 0 Å². The van der Waals surface area contributed by atoms with Crippen molar-refractivity contribution in [1.82, 2.24) is 15.1 Å². The summed E-state index contributed by atoms with van der Waals surface area (Å²) in [6, 6.07) is 14.4. The van der Waals surface area contributed by atoms with E-state index < -0.39 is 0 Å². The monoisotopic (exact) mass is 320 g/mol. The van der Waals surface area contributed by atoms with Gasteiger partial charge < -0.3 is 4.90 Å². The van der Waals surface area contributed by atoms with E-state index in [9.17, 15) is 0 Å². The van der Waals surface area contributed by atoms with Crippen LogP contribution in [0, 0.1) is 11.8 Å². The third-order valence-corrected chi connectivity index (χ3v) is 5.09. The molecule has 0 saturated carbocycles. The maximum Gasteiger partial charge on any atom is 0.151 e. The van der Waals surface area contributed by atoms with Crippen molar-refractivity contribution < 1.29 is 0 Å². The minimum atomic E-state index is 0.730. The second-order valence-electron chi connectivity index (χ2n) is 7.02. The van der Waals surface area contributed by atoms with Crippen LogP contribution in [0.25, 0.3) is 11.3 Å². The van der Waals surface area contributed by atoms with Gasteiger partial charge in [0.05, 0.1) is 5.69 Å². The van der Waals surface area contributed by atoms with E-state index in [2.05, 4.69) is 50.8 Å². The fourth-order valence-corrected chi connectivity index (χ4v) is 4.16. The molecule has 0 radical (unpaired) electrons. The summed E-state index contributed by atoms with van der Waals surface area (Å²) in [7, 11) is 0. The fraction of sp³-hybridized carbons (Fsp3) is 0.400. The molecule has 2 fully saturated rings. The van der Waals surface area contributed by atoms with Gasteiger partial charge in [0.1, 0.15) is 0 Å². The minimum absolute atomic E-state index is 0.730. The molecule has 0 amide bonds. The number of rotatable bonds is 4. The predicted octanol–water partition coefficient (Wildman–Crippen LogP) is 3.09. The first-order valence-electron chi connectivity index (χ1n) is 8.79. The molecule has 2 atom stereocenters.